The lowest BCUT2D eigenvalue weighted by Crippen LogP contribution is -2.17. The summed E-state index contributed by atoms with van der Waals surface area (Å²) in [4.78, 5) is 11.7. The zero-order valence-electron chi connectivity index (χ0n) is 22.6. The highest BCUT2D eigenvalue weighted by Gasteiger charge is 2.20. The average Bonchev–Trinajstić information content (AvgIpc) is 3.47. The van der Waals surface area contributed by atoms with Crippen LogP contribution in [0.4, 0.5) is 0 Å². The monoisotopic (exact) mass is 482 g/mol. The van der Waals surface area contributed by atoms with Crippen LogP contribution in [0.5, 0.6) is 0 Å². The van der Waals surface area contributed by atoms with Gasteiger partial charge in [-0.1, -0.05) is 71.9 Å². The Kier molecular flexibility index (Phi) is 6.99. The van der Waals surface area contributed by atoms with Crippen molar-refractivity contribution in [2.24, 2.45) is 0 Å². The van der Waals surface area contributed by atoms with Crippen molar-refractivity contribution in [3.05, 3.63) is 107 Å². The standard InChI is InChI=1S/C32H38N2O2/c1-31(2,3)28-16-24(17-29(18-28)32(4,5)6)20-34-15-13-27(22-34)26-12-14-33(21-26)19-23-8-10-25(11-9-23)30(35)36-7/h8-18,21-22H,19-20H2,1-7H3. The number of nitrogens with zero attached hydrogens (tertiary/aromatic N) is 2. The van der Waals surface area contributed by atoms with Crippen LogP contribution in [0.15, 0.2) is 79.4 Å². The Morgan fingerprint density at radius 3 is 1.61 bits per heavy atom. The van der Waals surface area contributed by atoms with Gasteiger partial charge in [0, 0.05) is 49.0 Å². The van der Waals surface area contributed by atoms with E-state index >= 15 is 0 Å². The zero-order chi connectivity index (χ0) is 26.1. The molecule has 0 spiro atoms. The van der Waals surface area contributed by atoms with Gasteiger partial charge in [-0.3, -0.25) is 0 Å². The van der Waals surface area contributed by atoms with Crippen molar-refractivity contribution in [3.63, 3.8) is 0 Å². The van der Waals surface area contributed by atoms with E-state index in [9.17, 15) is 4.79 Å². The fourth-order valence-electron chi connectivity index (χ4n) is 4.35. The van der Waals surface area contributed by atoms with Crippen LogP contribution in [0.2, 0.25) is 0 Å². The van der Waals surface area contributed by atoms with E-state index in [0.29, 0.717) is 5.56 Å². The molecule has 0 unspecified atom stereocenters. The summed E-state index contributed by atoms with van der Waals surface area (Å²) in [6.45, 7) is 15.3. The van der Waals surface area contributed by atoms with Gasteiger partial charge in [0.25, 0.3) is 0 Å². The van der Waals surface area contributed by atoms with E-state index in [1.807, 2.05) is 24.3 Å². The molecular formula is C32H38N2O2. The highest BCUT2D eigenvalue weighted by atomic mass is 16.5. The first-order valence-electron chi connectivity index (χ1n) is 12.6. The quantitative estimate of drug-likeness (QED) is 0.268. The summed E-state index contributed by atoms with van der Waals surface area (Å²) in [6, 6.07) is 19.0. The number of ether oxygens (including phenoxy) is 1. The van der Waals surface area contributed by atoms with E-state index in [2.05, 4.69) is 106 Å². The molecule has 0 N–H and O–H groups in total. The molecule has 0 saturated heterocycles. The molecule has 0 atom stereocenters. The second-order valence-electron chi connectivity index (χ2n) is 11.8. The summed E-state index contributed by atoms with van der Waals surface area (Å²) < 4.78 is 9.22. The van der Waals surface area contributed by atoms with E-state index in [4.69, 9.17) is 4.74 Å². The fraction of sp³-hybridized carbons (Fsp3) is 0.344. The van der Waals surface area contributed by atoms with Gasteiger partial charge >= 0.3 is 5.97 Å². The summed E-state index contributed by atoms with van der Waals surface area (Å²) in [6.07, 6.45) is 8.67. The van der Waals surface area contributed by atoms with E-state index in [1.165, 1.54) is 34.9 Å². The molecule has 0 aliphatic carbocycles. The van der Waals surface area contributed by atoms with Crippen LogP contribution in [-0.2, 0) is 28.7 Å². The number of esters is 1. The summed E-state index contributed by atoms with van der Waals surface area (Å²) in [5.74, 6) is -0.311. The molecule has 188 valence electrons. The van der Waals surface area contributed by atoms with Gasteiger partial charge in [-0.15, -0.1) is 0 Å². The summed E-state index contributed by atoms with van der Waals surface area (Å²) in [5.41, 5.74) is 8.43. The van der Waals surface area contributed by atoms with Crippen LogP contribution in [0.25, 0.3) is 11.1 Å². The molecule has 0 amide bonds. The molecule has 36 heavy (non-hydrogen) atoms. The average molecular weight is 483 g/mol. The summed E-state index contributed by atoms with van der Waals surface area (Å²) in [7, 11) is 1.40. The second kappa shape index (κ2) is 9.85. The fourth-order valence-corrected chi connectivity index (χ4v) is 4.35. The van der Waals surface area contributed by atoms with Gasteiger partial charge in [0.15, 0.2) is 0 Å². The van der Waals surface area contributed by atoms with Crippen LogP contribution < -0.4 is 0 Å². The van der Waals surface area contributed by atoms with Gasteiger partial charge in [-0.2, -0.15) is 0 Å². The van der Waals surface area contributed by atoms with E-state index in [-0.39, 0.29) is 16.8 Å². The Balaban J connectivity index is 1.50. The lowest BCUT2D eigenvalue weighted by molar-refractivity contribution is 0.0600. The van der Waals surface area contributed by atoms with E-state index in [0.717, 1.165) is 18.7 Å². The highest BCUT2D eigenvalue weighted by molar-refractivity contribution is 5.89. The maximum atomic E-state index is 11.7. The van der Waals surface area contributed by atoms with Crippen LogP contribution in [0.3, 0.4) is 0 Å². The smallest absolute Gasteiger partial charge is 0.337 e. The minimum Gasteiger partial charge on any atom is -0.465 e. The highest BCUT2D eigenvalue weighted by Crippen LogP contribution is 2.31. The van der Waals surface area contributed by atoms with Crippen molar-refractivity contribution in [2.45, 2.75) is 65.5 Å². The predicted molar refractivity (Wildman–Crippen MR) is 148 cm³/mol. The van der Waals surface area contributed by atoms with Gasteiger partial charge in [0.1, 0.15) is 0 Å². The number of benzene rings is 2. The molecule has 2 aromatic heterocycles. The Labute approximate surface area is 215 Å². The van der Waals surface area contributed by atoms with Gasteiger partial charge in [0.05, 0.1) is 12.7 Å². The van der Waals surface area contributed by atoms with Crippen LogP contribution >= 0.6 is 0 Å². The Hall–Kier alpha value is -3.53. The maximum Gasteiger partial charge on any atom is 0.337 e. The normalized spacial score (nSPS) is 12.1. The van der Waals surface area contributed by atoms with Crippen LogP contribution in [0.1, 0.15) is 74.2 Å². The van der Waals surface area contributed by atoms with Crippen molar-refractivity contribution in [1.82, 2.24) is 9.13 Å². The third-order valence-corrected chi connectivity index (χ3v) is 6.66. The molecule has 0 saturated carbocycles. The van der Waals surface area contributed by atoms with Crippen LogP contribution in [-0.4, -0.2) is 22.2 Å². The number of hydrogen-bond acceptors (Lipinski definition) is 2. The molecule has 0 aliphatic rings. The number of carbonyl (C=O) groups is 1. The zero-order valence-corrected chi connectivity index (χ0v) is 22.6. The minimum absolute atomic E-state index is 0.112. The van der Waals surface area contributed by atoms with Crippen molar-refractivity contribution in [3.8, 4) is 11.1 Å². The molecule has 2 heterocycles. The Morgan fingerprint density at radius 1 is 0.694 bits per heavy atom. The number of rotatable bonds is 6. The number of carbonyl (C=O) groups excluding carboxylic acids is 1. The Bertz CT molecular complexity index is 1310. The van der Waals surface area contributed by atoms with Gasteiger partial charge in [-0.05, 0) is 57.3 Å². The molecule has 2 aromatic carbocycles. The van der Waals surface area contributed by atoms with Crippen molar-refractivity contribution in [2.75, 3.05) is 7.11 Å². The first kappa shape index (κ1) is 25.6. The predicted octanol–water partition coefficient (Wildman–Crippen LogP) is 7.43. The van der Waals surface area contributed by atoms with Gasteiger partial charge < -0.3 is 13.9 Å². The van der Waals surface area contributed by atoms with Crippen molar-refractivity contribution in [1.29, 1.82) is 0 Å². The first-order valence-corrected chi connectivity index (χ1v) is 12.6. The van der Waals surface area contributed by atoms with E-state index < -0.39 is 0 Å². The molecule has 0 radical (unpaired) electrons. The SMILES string of the molecule is COC(=O)c1ccc(Cn2ccc(-c3ccn(Cc4cc(C(C)(C)C)cc(C(C)(C)C)c4)c3)c2)cc1. The molecule has 4 aromatic rings. The van der Waals surface area contributed by atoms with E-state index in [1.54, 1.807) is 0 Å². The summed E-state index contributed by atoms with van der Waals surface area (Å²) in [5, 5.41) is 0. The minimum atomic E-state index is -0.311. The summed E-state index contributed by atoms with van der Waals surface area (Å²) >= 11 is 0. The number of hydrogen-bond donors (Lipinski definition) is 0. The second-order valence-corrected chi connectivity index (χ2v) is 11.8. The lowest BCUT2D eigenvalue weighted by atomic mass is 9.79. The lowest BCUT2D eigenvalue weighted by Gasteiger charge is -2.26. The largest absolute Gasteiger partial charge is 0.465 e. The number of aromatic nitrogens is 2. The molecule has 0 fully saturated rings. The van der Waals surface area contributed by atoms with Gasteiger partial charge in [0.2, 0.25) is 0 Å². The third kappa shape index (κ3) is 5.99. The molecule has 4 heteroatoms. The first-order chi connectivity index (χ1) is 16.9. The molecular weight excluding hydrogens is 444 g/mol. The van der Waals surface area contributed by atoms with Crippen molar-refractivity contribution < 1.29 is 9.53 Å². The molecule has 0 bridgehead atoms. The van der Waals surface area contributed by atoms with Gasteiger partial charge in [-0.25, -0.2) is 4.79 Å². The molecule has 4 nitrogen and oxygen atoms in total. The topological polar surface area (TPSA) is 36.2 Å². The maximum absolute atomic E-state index is 11.7. The number of methoxy groups -OCH3 is 1. The Morgan fingerprint density at radius 2 is 1.17 bits per heavy atom. The van der Waals surface area contributed by atoms with Crippen molar-refractivity contribution >= 4 is 5.97 Å². The van der Waals surface area contributed by atoms with Crippen LogP contribution in [0, 0.1) is 0 Å². The molecule has 0 aliphatic heterocycles. The molecule has 4 rings (SSSR count). The third-order valence-electron chi connectivity index (χ3n) is 6.66.